The van der Waals surface area contributed by atoms with Crippen LogP contribution in [0, 0.1) is 0 Å². The maximum Gasteiger partial charge on any atom is 0.254 e. The summed E-state index contributed by atoms with van der Waals surface area (Å²) in [6, 6.07) is 15.5. The summed E-state index contributed by atoms with van der Waals surface area (Å²) in [6.07, 6.45) is 2.45. The number of para-hydroxylation sites is 1. The minimum absolute atomic E-state index is 0.0115. The molecule has 2 fully saturated rings. The van der Waals surface area contributed by atoms with Gasteiger partial charge in [-0.25, -0.2) is 0 Å². The third-order valence-corrected chi connectivity index (χ3v) is 6.41. The molecule has 6 heteroatoms. The van der Waals surface area contributed by atoms with Gasteiger partial charge in [0.15, 0.2) is 0 Å². The molecule has 6 nitrogen and oxygen atoms in total. The quantitative estimate of drug-likeness (QED) is 0.743. The Morgan fingerprint density at radius 3 is 2.42 bits per heavy atom. The zero-order chi connectivity index (χ0) is 21.8. The predicted octanol–water partition coefficient (Wildman–Crippen LogP) is 3.34. The molecule has 0 saturated carbocycles. The van der Waals surface area contributed by atoms with Crippen LogP contribution >= 0.6 is 0 Å². The van der Waals surface area contributed by atoms with E-state index in [0.29, 0.717) is 19.6 Å². The second kappa shape index (κ2) is 9.52. The molecule has 0 N–H and O–H groups in total. The van der Waals surface area contributed by atoms with Crippen LogP contribution in [0.15, 0.2) is 48.5 Å². The molecular formula is C25H31N3O3. The number of likely N-dealkylation sites (tertiary alicyclic amines) is 1. The van der Waals surface area contributed by atoms with Gasteiger partial charge in [0.05, 0.1) is 13.2 Å². The van der Waals surface area contributed by atoms with Gasteiger partial charge in [0.25, 0.3) is 5.91 Å². The van der Waals surface area contributed by atoms with E-state index in [1.165, 1.54) is 12.8 Å². The van der Waals surface area contributed by atoms with Crippen LogP contribution in [0.5, 0.6) is 5.75 Å². The number of amides is 2. The standard InChI is InChI=1S/C25H31N3O3/c1-19(29)28-16-15-27(18-23(28)22-11-5-6-12-24(22)31-2)25(30)21-10-4-3-9-20(21)17-26-13-7-8-14-26/h3-6,9-12,23H,7-8,13-18H2,1-2H3. The molecule has 2 aromatic rings. The molecule has 2 heterocycles. The molecule has 2 saturated heterocycles. The van der Waals surface area contributed by atoms with Crippen molar-refractivity contribution >= 4 is 11.8 Å². The molecule has 2 aliphatic heterocycles. The van der Waals surface area contributed by atoms with Gasteiger partial charge in [-0.1, -0.05) is 36.4 Å². The van der Waals surface area contributed by atoms with Crippen molar-refractivity contribution in [1.82, 2.24) is 14.7 Å². The van der Waals surface area contributed by atoms with E-state index in [4.69, 9.17) is 4.74 Å². The monoisotopic (exact) mass is 421 g/mol. The van der Waals surface area contributed by atoms with Crippen molar-refractivity contribution in [3.05, 3.63) is 65.2 Å². The van der Waals surface area contributed by atoms with Gasteiger partial charge in [-0.15, -0.1) is 0 Å². The summed E-state index contributed by atoms with van der Waals surface area (Å²) < 4.78 is 5.55. The van der Waals surface area contributed by atoms with Crippen molar-refractivity contribution in [3.63, 3.8) is 0 Å². The second-order valence-corrected chi connectivity index (χ2v) is 8.36. The number of rotatable bonds is 5. The molecule has 0 radical (unpaired) electrons. The highest BCUT2D eigenvalue weighted by Gasteiger charge is 2.34. The Hall–Kier alpha value is -2.86. The van der Waals surface area contributed by atoms with E-state index < -0.39 is 0 Å². The van der Waals surface area contributed by atoms with Crippen molar-refractivity contribution in [1.29, 1.82) is 0 Å². The normalized spacial score (nSPS) is 19.5. The summed E-state index contributed by atoms with van der Waals surface area (Å²) in [5.74, 6) is 0.790. The first-order valence-electron chi connectivity index (χ1n) is 11.1. The smallest absolute Gasteiger partial charge is 0.254 e. The average Bonchev–Trinajstić information content (AvgIpc) is 3.31. The minimum Gasteiger partial charge on any atom is -0.496 e. The number of carbonyl (C=O) groups is 2. The van der Waals surface area contributed by atoms with Gasteiger partial charge < -0.3 is 14.5 Å². The number of methoxy groups -OCH3 is 1. The minimum atomic E-state index is -0.225. The van der Waals surface area contributed by atoms with E-state index in [-0.39, 0.29) is 17.9 Å². The number of benzene rings is 2. The Morgan fingerprint density at radius 1 is 0.968 bits per heavy atom. The van der Waals surface area contributed by atoms with Gasteiger partial charge in [0.1, 0.15) is 5.75 Å². The first kappa shape index (κ1) is 21.4. The Labute approximate surface area is 184 Å². The maximum absolute atomic E-state index is 13.6. The van der Waals surface area contributed by atoms with Crippen molar-refractivity contribution in [2.45, 2.75) is 32.4 Å². The summed E-state index contributed by atoms with van der Waals surface area (Å²) in [4.78, 5) is 32.1. The van der Waals surface area contributed by atoms with Crippen LogP contribution in [-0.2, 0) is 11.3 Å². The molecule has 4 rings (SSSR count). The van der Waals surface area contributed by atoms with E-state index >= 15 is 0 Å². The summed E-state index contributed by atoms with van der Waals surface area (Å²) >= 11 is 0. The van der Waals surface area contributed by atoms with Gasteiger partial charge in [-0.2, -0.15) is 0 Å². The molecule has 0 aromatic heterocycles. The largest absolute Gasteiger partial charge is 0.496 e. The zero-order valence-corrected chi connectivity index (χ0v) is 18.4. The van der Waals surface area contributed by atoms with Crippen molar-refractivity contribution in [3.8, 4) is 5.75 Å². The average molecular weight is 422 g/mol. The third kappa shape index (κ3) is 4.59. The fraction of sp³-hybridized carbons (Fsp3) is 0.440. The fourth-order valence-corrected chi connectivity index (χ4v) is 4.77. The zero-order valence-electron chi connectivity index (χ0n) is 18.4. The first-order valence-corrected chi connectivity index (χ1v) is 11.1. The lowest BCUT2D eigenvalue weighted by atomic mass is 9.99. The number of piperazine rings is 1. The van der Waals surface area contributed by atoms with Crippen LogP contribution < -0.4 is 4.74 Å². The molecule has 0 aliphatic carbocycles. The molecule has 1 atom stereocenters. The first-order chi connectivity index (χ1) is 15.1. The van der Waals surface area contributed by atoms with E-state index in [1.807, 2.05) is 52.3 Å². The highest BCUT2D eigenvalue weighted by Crippen LogP contribution is 2.33. The molecule has 0 bridgehead atoms. The molecule has 1 unspecified atom stereocenters. The third-order valence-electron chi connectivity index (χ3n) is 6.41. The Bertz CT molecular complexity index is 939. The highest BCUT2D eigenvalue weighted by molar-refractivity contribution is 5.96. The topological polar surface area (TPSA) is 53.1 Å². The molecule has 0 spiro atoms. The van der Waals surface area contributed by atoms with Crippen LogP contribution in [-0.4, -0.2) is 66.3 Å². The predicted molar refractivity (Wildman–Crippen MR) is 120 cm³/mol. The lowest BCUT2D eigenvalue weighted by Crippen LogP contribution is -2.52. The lowest BCUT2D eigenvalue weighted by Gasteiger charge is -2.41. The Kier molecular flexibility index (Phi) is 6.56. The van der Waals surface area contributed by atoms with E-state index in [9.17, 15) is 9.59 Å². The van der Waals surface area contributed by atoms with E-state index in [0.717, 1.165) is 42.1 Å². The Balaban J connectivity index is 1.59. The van der Waals surface area contributed by atoms with E-state index in [2.05, 4.69) is 11.0 Å². The Morgan fingerprint density at radius 2 is 1.68 bits per heavy atom. The lowest BCUT2D eigenvalue weighted by molar-refractivity contribution is -0.133. The van der Waals surface area contributed by atoms with Crippen molar-refractivity contribution in [2.75, 3.05) is 39.8 Å². The number of hydrogen-bond acceptors (Lipinski definition) is 4. The molecule has 2 aromatic carbocycles. The number of carbonyl (C=O) groups excluding carboxylic acids is 2. The van der Waals surface area contributed by atoms with Crippen molar-refractivity contribution < 1.29 is 14.3 Å². The van der Waals surface area contributed by atoms with E-state index in [1.54, 1.807) is 14.0 Å². The summed E-state index contributed by atoms with van der Waals surface area (Å²) in [6.45, 7) is 6.08. The molecular weight excluding hydrogens is 390 g/mol. The van der Waals surface area contributed by atoms with Gasteiger partial charge in [-0.05, 0) is 43.6 Å². The summed E-state index contributed by atoms with van der Waals surface area (Å²) in [7, 11) is 1.64. The molecule has 2 aliphatic rings. The molecule has 164 valence electrons. The van der Waals surface area contributed by atoms with Gasteiger partial charge >= 0.3 is 0 Å². The fourth-order valence-electron chi connectivity index (χ4n) is 4.77. The summed E-state index contributed by atoms with van der Waals surface area (Å²) in [5, 5.41) is 0. The van der Waals surface area contributed by atoms with Crippen LogP contribution in [0.25, 0.3) is 0 Å². The van der Waals surface area contributed by atoms with Crippen LogP contribution in [0.3, 0.4) is 0 Å². The highest BCUT2D eigenvalue weighted by atomic mass is 16.5. The van der Waals surface area contributed by atoms with Gasteiger partial charge in [0, 0.05) is 44.2 Å². The molecule has 2 amide bonds. The van der Waals surface area contributed by atoms with Gasteiger partial charge in [-0.3, -0.25) is 14.5 Å². The van der Waals surface area contributed by atoms with Crippen molar-refractivity contribution in [2.24, 2.45) is 0 Å². The van der Waals surface area contributed by atoms with Crippen LogP contribution in [0.4, 0.5) is 0 Å². The molecule has 31 heavy (non-hydrogen) atoms. The maximum atomic E-state index is 13.6. The van der Waals surface area contributed by atoms with Gasteiger partial charge in [0.2, 0.25) is 5.91 Å². The number of ether oxygens (including phenoxy) is 1. The van der Waals surface area contributed by atoms with Crippen LogP contribution in [0.2, 0.25) is 0 Å². The SMILES string of the molecule is COc1ccccc1C1CN(C(=O)c2ccccc2CN2CCCC2)CCN1C(C)=O. The van der Waals surface area contributed by atoms with Crippen LogP contribution in [0.1, 0.15) is 47.3 Å². The second-order valence-electron chi connectivity index (χ2n) is 8.36. The summed E-state index contributed by atoms with van der Waals surface area (Å²) in [5.41, 5.74) is 2.78. The number of nitrogens with zero attached hydrogens (tertiary/aromatic N) is 3. The number of hydrogen-bond donors (Lipinski definition) is 0.